The molecule has 3 saturated carbocycles. The van der Waals surface area contributed by atoms with E-state index in [4.69, 9.17) is 0 Å². The Balaban J connectivity index is 1.57. The van der Waals surface area contributed by atoms with E-state index < -0.39 is 41.8 Å². The molecule has 0 bridgehead atoms. The van der Waals surface area contributed by atoms with Crippen LogP contribution < -0.4 is 0 Å². The third-order valence-corrected chi connectivity index (χ3v) is 10.1. The molecule has 0 amide bonds. The monoisotopic (exact) mass is 484 g/mol. The van der Waals surface area contributed by atoms with Crippen LogP contribution in [0.3, 0.4) is 0 Å². The lowest BCUT2D eigenvalue weighted by Crippen LogP contribution is -2.59. The maximum absolute atomic E-state index is 13.2. The van der Waals surface area contributed by atoms with Crippen molar-refractivity contribution in [3.05, 3.63) is 11.6 Å². The zero-order chi connectivity index (χ0) is 24.6. The highest BCUT2D eigenvalue weighted by Crippen LogP contribution is 2.67. The molecular weight excluding hydrogens is 450 g/mol. The number of rotatable bonds is 3. The summed E-state index contributed by atoms with van der Waals surface area (Å²) in [7, 11) is 0. The molecule has 190 valence electrons. The van der Waals surface area contributed by atoms with Crippen LogP contribution in [0.15, 0.2) is 11.6 Å². The second-order valence-corrected chi connectivity index (χ2v) is 11.5. The third kappa shape index (κ3) is 3.75. The van der Waals surface area contributed by atoms with Gasteiger partial charge in [-0.2, -0.15) is 26.3 Å². The van der Waals surface area contributed by atoms with Crippen LogP contribution >= 0.6 is 0 Å². The lowest BCUT2D eigenvalue weighted by Gasteiger charge is -2.58. The number of hydrogen-bond acceptors (Lipinski definition) is 3. The van der Waals surface area contributed by atoms with E-state index in [1.807, 2.05) is 6.92 Å². The van der Waals surface area contributed by atoms with Crippen molar-refractivity contribution in [2.24, 2.45) is 34.5 Å². The zero-order valence-electron chi connectivity index (χ0n) is 19.0. The highest BCUT2D eigenvalue weighted by Gasteiger charge is 2.71. The Morgan fingerprint density at radius 3 is 2.21 bits per heavy atom. The molecule has 0 aliphatic heterocycles. The van der Waals surface area contributed by atoms with Gasteiger partial charge < -0.3 is 15.3 Å². The zero-order valence-corrected chi connectivity index (χ0v) is 19.0. The summed E-state index contributed by atoms with van der Waals surface area (Å²) >= 11 is 0. The maximum atomic E-state index is 13.2. The maximum Gasteiger partial charge on any atom is 0.426 e. The van der Waals surface area contributed by atoms with Gasteiger partial charge >= 0.3 is 12.4 Å². The molecule has 8 atom stereocenters. The molecule has 4 aliphatic rings. The number of allylic oxidation sites excluding steroid dienone is 1. The molecule has 1 unspecified atom stereocenters. The summed E-state index contributed by atoms with van der Waals surface area (Å²) in [5, 5.41) is 30.4. The summed E-state index contributed by atoms with van der Waals surface area (Å²) in [6, 6.07) is 0. The molecule has 0 spiro atoms. The second-order valence-electron chi connectivity index (χ2n) is 11.5. The van der Waals surface area contributed by atoms with Crippen molar-refractivity contribution in [2.75, 3.05) is 0 Å². The largest absolute Gasteiger partial charge is 0.426 e. The third-order valence-electron chi connectivity index (χ3n) is 10.1. The normalized spacial score (nSPS) is 42.8. The molecule has 3 nitrogen and oxygen atoms in total. The molecule has 0 aromatic heterocycles. The smallest absolute Gasteiger partial charge is 0.393 e. The summed E-state index contributed by atoms with van der Waals surface area (Å²) < 4.78 is 79.3. The van der Waals surface area contributed by atoms with Gasteiger partial charge in [-0.05, 0) is 85.9 Å². The quantitative estimate of drug-likeness (QED) is 0.365. The first-order valence-corrected chi connectivity index (χ1v) is 12.0. The Hall–Kier alpha value is -0.800. The Labute approximate surface area is 190 Å². The molecule has 9 heteroatoms. The fourth-order valence-corrected chi connectivity index (χ4v) is 8.15. The number of hydrogen-bond donors (Lipinski definition) is 3. The van der Waals surface area contributed by atoms with Crippen LogP contribution in [0, 0.1) is 34.5 Å². The molecule has 3 N–H and O–H groups in total. The Bertz CT molecular complexity index is 778. The summed E-state index contributed by atoms with van der Waals surface area (Å²) in [5.74, 6) is -0.0106. The van der Waals surface area contributed by atoms with Crippen molar-refractivity contribution in [1.29, 1.82) is 0 Å². The van der Waals surface area contributed by atoms with E-state index in [0.29, 0.717) is 31.6 Å². The molecule has 0 saturated heterocycles. The SMILES string of the molecule is C[C@]12CC[C@H]3[C@@H](CC=C4C[C@@H](O)CC[C@@]43C)[C@@H]1CC[C@@H]2C(O)CC(O)(C(F)(F)F)C(F)(F)F. The summed E-state index contributed by atoms with van der Waals surface area (Å²) in [6.45, 7) is 4.14. The van der Waals surface area contributed by atoms with Gasteiger partial charge in [0.1, 0.15) is 0 Å². The van der Waals surface area contributed by atoms with Crippen molar-refractivity contribution < 1.29 is 41.7 Å². The Kier molecular flexibility index (Phi) is 6.02. The molecular formula is C24H34F6O3. The van der Waals surface area contributed by atoms with Crippen molar-refractivity contribution >= 4 is 0 Å². The molecule has 4 aliphatic carbocycles. The van der Waals surface area contributed by atoms with E-state index in [0.717, 1.165) is 25.7 Å². The molecule has 4 rings (SSSR count). The van der Waals surface area contributed by atoms with E-state index in [1.54, 1.807) is 0 Å². The minimum Gasteiger partial charge on any atom is -0.393 e. The van der Waals surface area contributed by atoms with Crippen LogP contribution in [0.5, 0.6) is 0 Å². The lowest BCUT2D eigenvalue weighted by atomic mass is 9.47. The van der Waals surface area contributed by atoms with Crippen molar-refractivity contribution in [2.45, 2.75) is 102 Å². The van der Waals surface area contributed by atoms with Crippen molar-refractivity contribution in [3.63, 3.8) is 0 Å². The lowest BCUT2D eigenvalue weighted by molar-refractivity contribution is -0.375. The molecule has 0 aromatic rings. The average molecular weight is 485 g/mol. The summed E-state index contributed by atoms with van der Waals surface area (Å²) in [6.07, 6.45) is -8.18. The van der Waals surface area contributed by atoms with Crippen molar-refractivity contribution in [1.82, 2.24) is 0 Å². The van der Waals surface area contributed by atoms with E-state index in [1.165, 1.54) is 5.57 Å². The van der Waals surface area contributed by atoms with E-state index in [-0.39, 0.29) is 23.4 Å². The highest BCUT2D eigenvalue weighted by atomic mass is 19.4. The molecule has 0 heterocycles. The first kappa shape index (κ1) is 25.3. The van der Waals surface area contributed by atoms with Crippen molar-refractivity contribution in [3.8, 4) is 0 Å². The minimum atomic E-state index is -5.92. The van der Waals surface area contributed by atoms with Gasteiger partial charge in [0.15, 0.2) is 0 Å². The highest BCUT2D eigenvalue weighted by molar-refractivity contribution is 5.25. The van der Waals surface area contributed by atoms with E-state index >= 15 is 0 Å². The summed E-state index contributed by atoms with van der Waals surface area (Å²) in [4.78, 5) is 0. The van der Waals surface area contributed by atoms with Crippen LogP contribution in [0.4, 0.5) is 26.3 Å². The van der Waals surface area contributed by atoms with Crippen LogP contribution in [0.1, 0.15) is 71.6 Å². The van der Waals surface area contributed by atoms with Gasteiger partial charge in [-0.15, -0.1) is 0 Å². The predicted molar refractivity (Wildman–Crippen MR) is 109 cm³/mol. The van der Waals surface area contributed by atoms with Gasteiger partial charge in [-0.1, -0.05) is 25.5 Å². The molecule has 3 fully saturated rings. The van der Waals surface area contributed by atoms with Crippen LogP contribution in [-0.2, 0) is 0 Å². The Morgan fingerprint density at radius 1 is 0.970 bits per heavy atom. The molecule has 0 aromatic carbocycles. The average Bonchev–Trinajstić information content (AvgIpc) is 3.04. The van der Waals surface area contributed by atoms with Gasteiger partial charge in [0.05, 0.1) is 12.2 Å². The van der Waals surface area contributed by atoms with Gasteiger partial charge in [-0.25, -0.2) is 0 Å². The van der Waals surface area contributed by atoms with Gasteiger partial charge in [0.25, 0.3) is 5.60 Å². The van der Waals surface area contributed by atoms with Crippen LogP contribution in [0.25, 0.3) is 0 Å². The first-order valence-electron chi connectivity index (χ1n) is 12.0. The van der Waals surface area contributed by atoms with E-state index in [2.05, 4.69) is 13.0 Å². The second kappa shape index (κ2) is 7.85. The van der Waals surface area contributed by atoms with Gasteiger partial charge in [0, 0.05) is 6.42 Å². The fraction of sp³-hybridized carbons (Fsp3) is 0.917. The van der Waals surface area contributed by atoms with Crippen LogP contribution in [-0.4, -0.2) is 45.5 Å². The molecule has 33 heavy (non-hydrogen) atoms. The summed E-state index contributed by atoms with van der Waals surface area (Å²) in [5.41, 5.74) is -4.26. The number of aliphatic hydroxyl groups is 3. The number of halogens is 6. The van der Waals surface area contributed by atoms with Gasteiger partial charge in [0.2, 0.25) is 0 Å². The minimum absolute atomic E-state index is 0.0347. The fourth-order valence-electron chi connectivity index (χ4n) is 8.15. The number of fused-ring (bicyclic) bond motifs is 5. The van der Waals surface area contributed by atoms with E-state index in [9.17, 15) is 41.7 Å². The predicted octanol–water partition coefficient (Wildman–Crippen LogP) is 5.53. The number of alkyl halides is 6. The van der Waals surface area contributed by atoms with Crippen LogP contribution in [0.2, 0.25) is 0 Å². The first-order chi connectivity index (χ1) is 15.0. The molecule has 0 radical (unpaired) electrons. The Morgan fingerprint density at radius 2 is 1.61 bits per heavy atom. The van der Waals surface area contributed by atoms with Gasteiger partial charge in [-0.3, -0.25) is 0 Å². The standard InChI is InChI=1S/C24H34F6O3/c1-20-9-7-14(31)11-13(20)3-4-15-16-5-6-18(21(16,2)10-8-17(15)20)19(32)12-22(33,23(25,26)27)24(28,29)30/h3,14-19,31-33H,4-12H2,1-2H3/t14-,15-,16-,17-,18+,19?,20-,21-/m0/s1. The number of aliphatic hydroxyl groups excluding tert-OH is 2. The topological polar surface area (TPSA) is 60.7 Å².